The fraction of sp³-hybridized carbons (Fsp3) is 0.474. The Kier molecular flexibility index (Phi) is 5.73. The van der Waals surface area contributed by atoms with Crippen LogP contribution in [0.2, 0.25) is 0 Å². The molecule has 2 amide bonds. The molecular formula is C19H24N4O4. The Morgan fingerprint density at radius 1 is 1.30 bits per heavy atom. The zero-order chi connectivity index (χ0) is 19.4. The molecule has 0 radical (unpaired) electrons. The topological polar surface area (TPSA) is 88.8 Å². The van der Waals surface area contributed by atoms with Gasteiger partial charge in [-0.15, -0.1) is 10.2 Å². The lowest BCUT2D eigenvalue weighted by molar-refractivity contribution is 0.0406. The van der Waals surface area contributed by atoms with Gasteiger partial charge < -0.3 is 19.0 Å². The number of likely N-dealkylation sites (tertiary alicyclic amines) is 1. The second kappa shape index (κ2) is 8.20. The van der Waals surface area contributed by atoms with E-state index in [9.17, 15) is 9.59 Å². The summed E-state index contributed by atoms with van der Waals surface area (Å²) in [5.74, 6) is 0.775. The van der Waals surface area contributed by atoms with Crippen molar-refractivity contribution in [1.82, 2.24) is 20.0 Å². The molecule has 1 aliphatic rings. The van der Waals surface area contributed by atoms with Crippen LogP contribution in [0.15, 0.2) is 28.7 Å². The fourth-order valence-electron chi connectivity index (χ4n) is 3.10. The number of piperidine rings is 1. The number of hydrogen-bond acceptors (Lipinski definition) is 6. The third-order valence-electron chi connectivity index (χ3n) is 4.53. The molecule has 0 N–H and O–H groups in total. The van der Waals surface area contributed by atoms with Gasteiger partial charge in [0, 0.05) is 38.7 Å². The van der Waals surface area contributed by atoms with Crippen molar-refractivity contribution in [3.63, 3.8) is 0 Å². The van der Waals surface area contributed by atoms with E-state index in [0.717, 1.165) is 19.3 Å². The van der Waals surface area contributed by atoms with Crippen LogP contribution in [0.3, 0.4) is 0 Å². The van der Waals surface area contributed by atoms with Crippen molar-refractivity contribution in [1.29, 1.82) is 0 Å². The summed E-state index contributed by atoms with van der Waals surface area (Å²) in [6.45, 7) is 2.57. The van der Waals surface area contributed by atoms with Gasteiger partial charge in [-0.3, -0.25) is 4.79 Å². The van der Waals surface area contributed by atoms with Crippen LogP contribution in [0.1, 0.15) is 35.5 Å². The van der Waals surface area contributed by atoms with E-state index >= 15 is 0 Å². The van der Waals surface area contributed by atoms with E-state index in [0.29, 0.717) is 29.5 Å². The van der Waals surface area contributed by atoms with Crippen LogP contribution in [0.25, 0.3) is 11.5 Å². The van der Waals surface area contributed by atoms with Crippen molar-refractivity contribution in [2.45, 2.75) is 32.2 Å². The van der Waals surface area contributed by atoms with Crippen LogP contribution >= 0.6 is 0 Å². The fourth-order valence-corrected chi connectivity index (χ4v) is 3.10. The maximum Gasteiger partial charge on any atom is 0.409 e. The monoisotopic (exact) mass is 372 g/mol. The molecule has 2 heterocycles. The van der Waals surface area contributed by atoms with Gasteiger partial charge in [0.2, 0.25) is 11.8 Å². The van der Waals surface area contributed by atoms with E-state index in [1.54, 1.807) is 44.1 Å². The number of nitrogens with zero attached hydrogens (tertiary/aromatic N) is 4. The number of amides is 2. The molecule has 1 unspecified atom stereocenters. The first kappa shape index (κ1) is 18.9. The molecule has 1 aliphatic heterocycles. The van der Waals surface area contributed by atoms with Gasteiger partial charge in [-0.25, -0.2) is 4.79 Å². The predicted octanol–water partition coefficient (Wildman–Crippen LogP) is 2.74. The highest BCUT2D eigenvalue weighted by molar-refractivity contribution is 5.95. The Morgan fingerprint density at radius 3 is 2.81 bits per heavy atom. The number of aromatic nitrogens is 2. The molecule has 1 saturated heterocycles. The highest BCUT2D eigenvalue weighted by Gasteiger charge is 2.29. The number of benzene rings is 1. The lowest BCUT2D eigenvalue weighted by Gasteiger charge is -2.35. The smallest absolute Gasteiger partial charge is 0.409 e. The van der Waals surface area contributed by atoms with Crippen LogP contribution in [-0.4, -0.2) is 65.3 Å². The van der Waals surface area contributed by atoms with E-state index in [-0.39, 0.29) is 18.6 Å². The number of carbonyl (C=O) groups is 2. The minimum atomic E-state index is -0.401. The number of rotatable bonds is 4. The molecule has 144 valence electrons. The molecule has 27 heavy (non-hydrogen) atoms. The average Bonchev–Trinajstić information content (AvgIpc) is 3.12. The van der Waals surface area contributed by atoms with Gasteiger partial charge in [-0.05, 0) is 37.5 Å². The average molecular weight is 372 g/mol. The third kappa shape index (κ3) is 4.45. The van der Waals surface area contributed by atoms with Crippen molar-refractivity contribution < 1.29 is 18.7 Å². The quantitative estimate of drug-likeness (QED) is 0.820. The second-order valence-electron chi connectivity index (χ2n) is 6.83. The SMILES string of the molecule is Cc1nnc(-c2cccc(C(=O)N3CCCCC3COC(=O)N(C)C)c2)o1. The summed E-state index contributed by atoms with van der Waals surface area (Å²) in [5.41, 5.74) is 1.25. The Labute approximate surface area is 158 Å². The van der Waals surface area contributed by atoms with Crippen LogP contribution in [-0.2, 0) is 4.74 Å². The summed E-state index contributed by atoms with van der Waals surface area (Å²) in [6.07, 6.45) is 2.36. The molecule has 8 nitrogen and oxygen atoms in total. The van der Waals surface area contributed by atoms with Crippen molar-refractivity contribution in [2.24, 2.45) is 0 Å². The summed E-state index contributed by atoms with van der Waals surface area (Å²) in [7, 11) is 3.27. The van der Waals surface area contributed by atoms with Gasteiger partial charge in [0.15, 0.2) is 0 Å². The maximum atomic E-state index is 13.1. The Balaban J connectivity index is 1.75. The van der Waals surface area contributed by atoms with Crippen molar-refractivity contribution in [3.05, 3.63) is 35.7 Å². The van der Waals surface area contributed by atoms with E-state index in [1.165, 1.54) is 4.90 Å². The number of carbonyl (C=O) groups excluding carboxylic acids is 2. The normalized spacial score (nSPS) is 16.9. The van der Waals surface area contributed by atoms with Gasteiger partial charge in [0.1, 0.15) is 6.61 Å². The van der Waals surface area contributed by atoms with E-state index in [4.69, 9.17) is 9.15 Å². The highest BCUT2D eigenvalue weighted by atomic mass is 16.6. The zero-order valence-electron chi connectivity index (χ0n) is 15.8. The molecule has 1 atom stereocenters. The zero-order valence-corrected chi connectivity index (χ0v) is 15.8. The summed E-state index contributed by atoms with van der Waals surface area (Å²) in [5, 5.41) is 7.84. The summed E-state index contributed by atoms with van der Waals surface area (Å²) in [6, 6.07) is 7.03. The summed E-state index contributed by atoms with van der Waals surface area (Å²) < 4.78 is 10.8. The molecule has 0 bridgehead atoms. The van der Waals surface area contributed by atoms with E-state index in [2.05, 4.69) is 10.2 Å². The predicted molar refractivity (Wildman–Crippen MR) is 98.2 cm³/mol. The molecule has 0 aliphatic carbocycles. The summed E-state index contributed by atoms with van der Waals surface area (Å²) in [4.78, 5) is 28.0. The minimum Gasteiger partial charge on any atom is -0.447 e. The first-order chi connectivity index (χ1) is 13.0. The standard InChI is InChI=1S/C19H24N4O4/c1-13-20-21-17(27-13)14-7-6-8-15(11-14)18(24)23-10-5-4-9-16(23)12-26-19(25)22(2)3/h6-8,11,16H,4-5,9-10,12H2,1-3H3. The number of ether oxygens (including phenoxy) is 1. The van der Waals surface area contributed by atoms with Gasteiger partial charge in [0.05, 0.1) is 6.04 Å². The molecule has 0 saturated carbocycles. The van der Waals surface area contributed by atoms with E-state index in [1.807, 2.05) is 6.07 Å². The Bertz CT molecular complexity index is 818. The van der Waals surface area contributed by atoms with Crippen LogP contribution in [0.4, 0.5) is 4.79 Å². The molecular weight excluding hydrogens is 348 g/mol. The molecule has 8 heteroatoms. The first-order valence-electron chi connectivity index (χ1n) is 9.01. The number of aryl methyl sites for hydroxylation is 1. The summed E-state index contributed by atoms with van der Waals surface area (Å²) >= 11 is 0. The lowest BCUT2D eigenvalue weighted by Crippen LogP contribution is -2.46. The Hall–Kier alpha value is -2.90. The molecule has 1 fully saturated rings. The lowest BCUT2D eigenvalue weighted by atomic mass is 10.0. The van der Waals surface area contributed by atoms with Gasteiger partial charge in [-0.1, -0.05) is 6.07 Å². The molecule has 2 aromatic rings. The van der Waals surface area contributed by atoms with Gasteiger partial charge in [-0.2, -0.15) is 0 Å². The molecule has 1 aromatic carbocycles. The largest absolute Gasteiger partial charge is 0.447 e. The second-order valence-corrected chi connectivity index (χ2v) is 6.83. The first-order valence-corrected chi connectivity index (χ1v) is 9.01. The minimum absolute atomic E-state index is 0.0845. The van der Waals surface area contributed by atoms with E-state index < -0.39 is 6.09 Å². The molecule has 1 aromatic heterocycles. The van der Waals surface area contributed by atoms with Crippen LogP contribution in [0, 0.1) is 6.92 Å². The molecule has 3 rings (SSSR count). The van der Waals surface area contributed by atoms with Gasteiger partial charge in [0.25, 0.3) is 5.91 Å². The van der Waals surface area contributed by atoms with Gasteiger partial charge >= 0.3 is 6.09 Å². The van der Waals surface area contributed by atoms with Crippen molar-refractivity contribution in [3.8, 4) is 11.5 Å². The molecule has 0 spiro atoms. The van der Waals surface area contributed by atoms with Crippen LogP contribution < -0.4 is 0 Å². The third-order valence-corrected chi connectivity index (χ3v) is 4.53. The Morgan fingerprint density at radius 2 is 2.11 bits per heavy atom. The van der Waals surface area contributed by atoms with Crippen LogP contribution in [0.5, 0.6) is 0 Å². The van der Waals surface area contributed by atoms with Crippen molar-refractivity contribution >= 4 is 12.0 Å². The van der Waals surface area contributed by atoms with Crippen molar-refractivity contribution in [2.75, 3.05) is 27.2 Å². The number of hydrogen-bond donors (Lipinski definition) is 0. The highest BCUT2D eigenvalue weighted by Crippen LogP contribution is 2.23. The maximum absolute atomic E-state index is 13.1.